The number of hydrogen-bond acceptors (Lipinski definition) is 4. The molecule has 1 saturated heterocycles. The van der Waals surface area contributed by atoms with Gasteiger partial charge in [-0.15, -0.1) is 0 Å². The van der Waals surface area contributed by atoms with Gasteiger partial charge in [-0.25, -0.2) is 0 Å². The largest absolute Gasteiger partial charge is 0.480 e. The van der Waals surface area contributed by atoms with Crippen LogP contribution in [-0.2, 0) is 11.8 Å². The summed E-state index contributed by atoms with van der Waals surface area (Å²) in [5.41, 5.74) is 4.09. The van der Waals surface area contributed by atoms with E-state index in [0.29, 0.717) is 5.75 Å². The Bertz CT molecular complexity index is 797. The Kier molecular flexibility index (Phi) is 5.20. The summed E-state index contributed by atoms with van der Waals surface area (Å²) in [4.78, 5) is 16.9. The van der Waals surface area contributed by atoms with Gasteiger partial charge in [0, 0.05) is 33.4 Å². The molecule has 1 aromatic carbocycles. The van der Waals surface area contributed by atoms with Gasteiger partial charge in [-0.05, 0) is 44.4 Å². The molecule has 6 nitrogen and oxygen atoms in total. The van der Waals surface area contributed by atoms with Crippen molar-refractivity contribution in [1.29, 1.82) is 0 Å². The Morgan fingerprint density at radius 2 is 2.12 bits per heavy atom. The zero-order valence-electron chi connectivity index (χ0n) is 16.3. The molecule has 1 aromatic heterocycles. The molecule has 0 spiro atoms. The number of anilines is 1. The minimum Gasteiger partial charge on any atom is -0.480 e. The minimum atomic E-state index is 0.0328. The van der Waals surface area contributed by atoms with Crippen LogP contribution >= 0.6 is 0 Å². The second kappa shape index (κ2) is 7.40. The van der Waals surface area contributed by atoms with Crippen molar-refractivity contribution in [2.75, 3.05) is 32.1 Å². The number of benzene rings is 1. The number of aromatic nitrogens is 2. The van der Waals surface area contributed by atoms with Crippen molar-refractivity contribution >= 4 is 11.6 Å². The molecular weight excluding hydrogens is 328 g/mol. The van der Waals surface area contributed by atoms with Crippen molar-refractivity contribution < 1.29 is 9.53 Å². The molecule has 2 heterocycles. The number of ether oxygens (including phenoxy) is 1. The zero-order valence-corrected chi connectivity index (χ0v) is 16.3. The predicted molar refractivity (Wildman–Crippen MR) is 103 cm³/mol. The lowest BCUT2D eigenvalue weighted by Gasteiger charge is -2.26. The van der Waals surface area contributed by atoms with Crippen LogP contribution in [0.25, 0.3) is 0 Å². The molecule has 0 saturated carbocycles. The van der Waals surface area contributed by atoms with E-state index >= 15 is 0 Å². The Morgan fingerprint density at radius 3 is 2.77 bits per heavy atom. The van der Waals surface area contributed by atoms with Crippen molar-refractivity contribution in [1.82, 2.24) is 14.7 Å². The fourth-order valence-electron chi connectivity index (χ4n) is 3.60. The van der Waals surface area contributed by atoms with Crippen molar-refractivity contribution in [3.05, 3.63) is 41.2 Å². The van der Waals surface area contributed by atoms with Crippen LogP contribution in [0.4, 0.5) is 5.69 Å². The van der Waals surface area contributed by atoms with E-state index in [1.165, 1.54) is 5.56 Å². The summed E-state index contributed by atoms with van der Waals surface area (Å²) in [6, 6.07) is 8.56. The highest BCUT2D eigenvalue weighted by molar-refractivity contribution is 5.78. The normalized spacial score (nSPS) is 16.8. The number of hydrogen-bond donors (Lipinski definition) is 0. The van der Waals surface area contributed by atoms with E-state index in [1.54, 1.807) is 4.68 Å². The maximum Gasteiger partial charge on any atom is 0.261 e. The van der Waals surface area contributed by atoms with Gasteiger partial charge < -0.3 is 14.5 Å². The molecule has 0 aliphatic carbocycles. The molecule has 1 aliphatic heterocycles. The van der Waals surface area contributed by atoms with E-state index in [2.05, 4.69) is 34.3 Å². The summed E-state index contributed by atoms with van der Waals surface area (Å²) in [6.45, 7) is 4.69. The van der Waals surface area contributed by atoms with E-state index in [9.17, 15) is 4.79 Å². The monoisotopic (exact) mass is 356 g/mol. The van der Waals surface area contributed by atoms with Gasteiger partial charge in [0.2, 0.25) is 0 Å². The Morgan fingerprint density at radius 1 is 1.35 bits per heavy atom. The smallest absolute Gasteiger partial charge is 0.261 e. The number of aryl methyl sites for hydroxylation is 2. The third-order valence-electron chi connectivity index (χ3n) is 5.13. The number of rotatable bonds is 5. The highest BCUT2D eigenvalue weighted by atomic mass is 16.5. The third kappa shape index (κ3) is 3.54. The molecule has 0 bridgehead atoms. The lowest BCUT2D eigenvalue weighted by atomic mass is 10.0. The average Bonchev–Trinajstić information content (AvgIpc) is 3.19. The summed E-state index contributed by atoms with van der Waals surface area (Å²) in [7, 11) is 5.94. The van der Waals surface area contributed by atoms with Gasteiger partial charge >= 0.3 is 0 Å². The first-order chi connectivity index (χ1) is 12.4. The van der Waals surface area contributed by atoms with Crippen LogP contribution in [0.5, 0.6) is 5.75 Å². The maximum absolute atomic E-state index is 12.8. The number of carbonyl (C=O) groups excluding carboxylic acids is 1. The summed E-state index contributed by atoms with van der Waals surface area (Å²) >= 11 is 0. The first-order valence-corrected chi connectivity index (χ1v) is 9.08. The molecule has 1 unspecified atom stereocenters. The molecule has 0 radical (unpaired) electrons. The van der Waals surface area contributed by atoms with Crippen molar-refractivity contribution in [3.8, 4) is 5.75 Å². The molecule has 140 valence electrons. The minimum absolute atomic E-state index is 0.0328. The second-order valence-electron chi connectivity index (χ2n) is 7.15. The fraction of sp³-hybridized carbons (Fsp3) is 0.500. The predicted octanol–water partition coefficient (Wildman–Crippen LogP) is 2.85. The summed E-state index contributed by atoms with van der Waals surface area (Å²) < 4.78 is 7.60. The molecule has 26 heavy (non-hydrogen) atoms. The average molecular weight is 356 g/mol. The first kappa shape index (κ1) is 18.3. The van der Waals surface area contributed by atoms with Crippen LogP contribution in [0.3, 0.4) is 0 Å². The molecule has 3 rings (SSSR count). The lowest BCUT2D eigenvalue weighted by Crippen LogP contribution is -2.34. The van der Waals surface area contributed by atoms with Crippen LogP contribution in [0.1, 0.15) is 35.8 Å². The standard InChI is InChI=1S/C20H28N4O2/c1-14-20(15(2)23(5)21-14)26-13-19(25)24-11-7-10-18(24)16-8-6-9-17(12-16)22(3)4/h6,8-9,12,18H,7,10-11,13H2,1-5H3. The first-order valence-electron chi connectivity index (χ1n) is 9.08. The number of nitrogens with zero attached hydrogens (tertiary/aromatic N) is 4. The highest BCUT2D eigenvalue weighted by Crippen LogP contribution is 2.33. The maximum atomic E-state index is 12.8. The zero-order chi connectivity index (χ0) is 18.8. The van der Waals surface area contributed by atoms with E-state index in [0.717, 1.165) is 36.5 Å². The Balaban J connectivity index is 1.71. The Hall–Kier alpha value is -2.50. The quantitative estimate of drug-likeness (QED) is 0.827. The SMILES string of the molecule is Cc1nn(C)c(C)c1OCC(=O)N1CCCC1c1cccc(N(C)C)c1. The summed E-state index contributed by atoms with van der Waals surface area (Å²) in [5.74, 6) is 0.747. The van der Waals surface area contributed by atoms with Crippen LogP contribution in [0, 0.1) is 13.8 Å². The van der Waals surface area contributed by atoms with E-state index in [4.69, 9.17) is 4.74 Å². The molecule has 0 N–H and O–H groups in total. The molecule has 6 heteroatoms. The van der Waals surface area contributed by atoms with Gasteiger partial charge in [-0.1, -0.05) is 12.1 Å². The van der Waals surface area contributed by atoms with E-state index in [-0.39, 0.29) is 18.6 Å². The van der Waals surface area contributed by atoms with Gasteiger partial charge in [0.05, 0.1) is 11.7 Å². The van der Waals surface area contributed by atoms with Gasteiger partial charge in [0.1, 0.15) is 5.69 Å². The highest BCUT2D eigenvalue weighted by Gasteiger charge is 2.30. The van der Waals surface area contributed by atoms with Gasteiger partial charge in [-0.3, -0.25) is 9.48 Å². The van der Waals surface area contributed by atoms with Crippen molar-refractivity contribution in [3.63, 3.8) is 0 Å². The molecule has 1 fully saturated rings. The van der Waals surface area contributed by atoms with Crippen molar-refractivity contribution in [2.45, 2.75) is 32.7 Å². The van der Waals surface area contributed by atoms with Crippen LogP contribution in [0.15, 0.2) is 24.3 Å². The van der Waals surface area contributed by atoms with E-state index < -0.39 is 0 Å². The Labute approximate surface area is 155 Å². The van der Waals surface area contributed by atoms with E-state index in [1.807, 2.05) is 39.9 Å². The number of carbonyl (C=O) groups is 1. The third-order valence-corrected chi connectivity index (χ3v) is 5.13. The van der Waals surface area contributed by atoms with Gasteiger partial charge in [0.15, 0.2) is 12.4 Å². The molecule has 2 aromatic rings. The van der Waals surface area contributed by atoms with Crippen LogP contribution in [0.2, 0.25) is 0 Å². The van der Waals surface area contributed by atoms with Gasteiger partial charge in [-0.2, -0.15) is 5.10 Å². The summed E-state index contributed by atoms with van der Waals surface area (Å²) in [5, 5.41) is 4.34. The van der Waals surface area contributed by atoms with Crippen LogP contribution in [-0.4, -0.2) is 47.8 Å². The molecule has 1 atom stereocenters. The second-order valence-corrected chi connectivity index (χ2v) is 7.15. The number of likely N-dealkylation sites (tertiary alicyclic amines) is 1. The van der Waals surface area contributed by atoms with Crippen molar-refractivity contribution in [2.24, 2.45) is 7.05 Å². The molecule has 1 amide bonds. The lowest BCUT2D eigenvalue weighted by molar-refractivity contribution is -0.134. The fourth-order valence-corrected chi connectivity index (χ4v) is 3.60. The molecule has 1 aliphatic rings. The van der Waals surface area contributed by atoms with Crippen LogP contribution < -0.4 is 9.64 Å². The molecular formula is C20H28N4O2. The van der Waals surface area contributed by atoms with Gasteiger partial charge in [0.25, 0.3) is 5.91 Å². The topological polar surface area (TPSA) is 50.6 Å². The summed E-state index contributed by atoms with van der Waals surface area (Å²) in [6.07, 6.45) is 2.01. The number of amides is 1.